The summed E-state index contributed by atoms with van der Waals surface area (Å²) in [5, 5.41) is 0. The molecule has 0 N–H and O–H groups in total. The second-order valence-electron chi connectivity index (χ2n) is 4.23. The zero-order chi connectivity index (χ0) is 14.7. The molecule has 2 aromatic rings. The first-order valence-electron chi connectivity index (χ1n) is 5.92. The molecule has 0 saturated carbocycles. The molecule has 104 valence electrons. The van der Waals surface area contributed by atoms with E-state index in [1.807, 2.05) is 0 Å². The molecule has 0 atom stereocenters. The van der Waals surface area contributed by atoms with Crippen molar-refractivity contribution in [3.8, 4) is 0 Å². The lowest BCUT2D eigenvalue weighted by molar-refractivity contribution is 0.0600. The highest BCUT2D eigenvalue weighted by atomic mass is 79.9. The maximum Gasteiger partial charge on any atom is 0.337 e. The Morgan fingerprint density at radius 3 is 2.60 bits per heavy atom. The highest BCUT2D eigenvalue weighted by Gasteiger charge is 2.08. The van der Waals surface area contributed by atoms with Crippen LogP contribution in [0.25, 0.3) is 0 Å². The molecule has 1 aromatic heterocycles. The zero-order valence-corrected chi connectivity index (χ0v) is 12.7. The number of nitrogens with zero attached hydrogens (tertiary/aromatic N) is 2. The molecule has 2 rings (SSSR count). The summed E-state index contributed by atoms with van der Waals surface area (Å²) in [5.74, 6) is 0.254. The average molecular weight is 337 g/mol. The van der Waals surface area contributed by atoms with Gasteiger partial charge in [0.15, 0.2) is 0 Å². The fourth-order valence-corrected chi connectivity index (χ4v) is 2.10. The van der Waals surface area contributed by atoms with Crippen LogP contribution in [-0.2, 0) is 11.3 Å². The van der Waals surface area contributed by atoms with E-state index in [9.17, 15) is 9.59 Å². The number of hydrogen-bond donors (Lipinski definition) is 0. The lowest BCUT2D eigenvalue weighted by atomic mass is 10.1. The molecule has 0 amide bonds. The molecule has 0 aliphatic carbocycles. The van der Waals surface area contributed by atoms with Crippen molar-refractivity contribution >= 4 is 21.9 Å². The van der Waals surface area contributed by atoms with Gasteiger partial charge in [0.2, 0.25) is 0 Å². The molecular weight excluding hydrogens is 324 g/mol. The number of esters is 1. The van der Waals surface area contributed by atoms with Gasteiger partial charge >= 0.3 is 5.97 Å². The third kappa shape index (κ3) is 2.96. The molecule has 1 heterocycles. The van der Waals surface area contributed by atoms with Crippen LogP contribution in [0.4, 0.5) is 0 Å². The van der Waals surface area contributed by atoms with Gasteiger partial charge in [0.25, 0.3) is 5.56 Å². The van der Waals surface area contributed by atoms with Gasteiger partial charge in [0.1, 0.15) is 10.3 Å². The molecule has 1 aromatic carbocycles. The van der Waals surface area contributed by atoms with E-state index >= 15 is 0 Å². The molecule has 0 aliphatic heterocycles. The zero-order valence-electron chi connectivity index (χ0n) is 11.1. The predicted molar refractivity (Wildman–Crippen MR) is 77.8 cm³/mol. The van der Waals surface area contributed by atoms with E-state index in [0.29, 0.717) is 22.4 Å². The van der Waals surface area contributed by atoms with Gasteiger partial charge in [-0.3, -0.25) is 9.36 Å². The van der Waals surface area contributed by atoms with Crippen LogP contribution in [0.15, 0.2) is 39.7 Å². The largest absolute Gasteiger partial charge is 0.465 e. The SMILES string of the molecule is COC(=O)c1ccc(Cn2c(C)ncc(Br)c2=O)cc1. The molecule has 0 fully saturated rings. The number of hydrogen-bond acceptors (Lipinski definition) is 4. The summed E-state index contributed by atoms with van der Waals surface area (Å²) in [7, 11) is 1.34. The average Bonchev–Trinajstić information content (AvgIpc) is 2.47. The first kappa shape index (κ1) is 14.5. The van der Waals surface area contributed by atoms with Crippen LogP contribution in [0.5, 0.6) is 0 Å². The van der Waals surface area contributed by atoms with Crippen molar-refractivity contribution in [2.75, 3.05) is 7.11 Å². The molecule has 0 saturated heterocycles. The van der Waals surface area contributed by atoms with Crippen molar-refractivity contribution in [3.63, 3.8) is 0 Å². The van der Waals surface area contributed by atoms with Gasteiger partial charge in [-0.1, -0.05) is 12.1 Å². The number of rotatable bonds is 3. The maximum absolute atomic E-state index is 12.0. The lowest BCUT2D eigenvalue weighted by Crippen LogP contribution is -2.24. The fraction of sp³-hybridized carbons (Fsp3) is 0.214. The van der Waals surface area contributed by atoms with Crippen molar-refractivity contribution in [1.29, 1.82) is 0 Å². The Labute approximate surface area is 124 Å². The van der Waals surface area contributed by atoms with Crippen LogP contribution in [-0.4, -0.2) is 22.6 Å². The van der Waals surface area contributed by atoms with Crippen molar-refractivity contribution in [3.05, 3.63) is 62.2 Å². The third-order valence-corrected chi connectivity index (χ3v) is 3.46. The van der Waals surface area contributed by atoms with E-state index < -0.39 is 0 Å². The lowest BCUT2D eigenvalue weighted by Gasteiger charge is -2.09. The first-order valence-corrected chi connectivity index (χ1v) is 6.71. The Kier molecular flexibility index (Phi) is 4.34. The highest BCUT2D eigenvalue weighted by Crippen LogP contribution is 2.09. The summed E-state index contributed by atoms with van der Waals surface area (Å²) in [6.45, 7) is 2.18. The van der Waals surface area contributed by atoms with E-state index in [4.69, 9.17) is 0 Å². The van der Waals surface area contributed by atoms with Gasteiger partial charge in [-0.25, -0.2) is 9.78 Å². The van der Waals surface area contributed by atoms with Crippen LogP contribution >= 0.6 is 15.9 Å². The van der Waals surface area contributed by atoms with Crippen LogP contribution in [0.3, 0.4) is 0 Å². The first-order chi connectivity index (χ1) is 9.52. The highest BCUT2D eigenvalue weighted by molar-refractivity contribution is 9.10. The Bertz CT molecular complexity index is 693. The minimum Gasteiger partial charge on any atom is -0.465 e. The van der Waals surface area contributed by atoms with Gasteiger partial charge in [0, 0.05) is 6.20 Å². The molecule has 0 radical (unpaired) electrons. The number of aromatic nitrogens is 2. The third-order valence-electron chi connectivity index (χ3n) is 2.92. The predicted octanol–water partition coefficient (Wildman–Crippen LogP) is 2.15. The van der Waals surface area contributed by atoms with Crippen LogP contribution in [0.2, 0.25) is 0 Å². The number of methoxy groups -OCH3 is 1. The minimum atomic E-state index is -0.381. The van der Waals surface area contributed by atoms with Crippen molar-refractivity contribution in [1.82, 2.24) is 9.55 Å². The van der Waals surface area contributed by atoms with Gasteiger partial charge in [-0.05, 0) is 40.5 Å². The summed E-state index contributed by atoms with van der Waals surface area (Å²) in [4.78, 5) is 27.5. The smallest absolute Gasteiger partial charge is 0.337 e. The minimum absolute atomic E-state index is 0.130. The Hall–Kier alpha value is -1.95. The summed E-state index contributed by atoms with van der Waals surface area (Å²) >= 11 is 3.18. The Morgan fingerprint density at radius 1 is 1.35 bits per heavy atom. The molecule has 0 spiro atoms. The quantitative estimate of drug-likeness (QED) is 0.806. The van der Waals surface area contributed by atoms with Gasteiger partial charge in [-0.2, -0.15) is 0 Å². The van der Waals surface area contributed by atoms with E-state index in [1.54, 1.807) is 35.8 Å². The van der Waals surface area contributed by atoms with E-state index in [-0.39, 0.29) is 11.5 Å². The molecule has 0 bridgehead atoms. The second kappa shape index (κ2) is 6.00. The normalized spacial score (nSPS) is 10.3. The number of halogens is 1. The second-order valence-corrected chi connectivity index (χ2v) is 5.09. The summed E-state index contributed by atoms with van der Waals surface area (Å²) in [6, 6.07) is 6.93. The number of aryl methyl sites for hydroxylation is 1. The van der Waals surface area contributed by atoms with Crippen molar-refractivity contribution in [2.45, 2.75) is 13.5 Å². The number of ether oxygens (including phenoxy) is 1. The Morgan fingerprint density at radius 2 is 2.00 bits per heavy atom. The molecule has 5 nitrogen and oxygen atoms in total. The van der Waals surface area contributed by atoms with Gasteiger partial charge in [-0.15, -0.1) is 0 Å². The van der Waals surface area contributed by atoms with E-state index in [2.05, 4.69) is 25.7 Å². The molecular formula is C14H13BrN2O3. The van der Waals surface area contributed by atoms with Crippen LogP contribution in [0, 0.1) is 6.92 Å². The summed E-state index contributed by atoms with van der Waals surface area (Å²) < 4.78 is 6.63. The van der Waals surface area contributed by atoms with E-state index in [1.165, 1.54) is 13.3 Å². The van der Waals surface area contributed by atoms with Gasteiger partial charge < -0.3 is 4.74 Å². The topological polar surface area (TPSA) is 61.2 Å². The molecule has 0 aliphatic rings. The number of benzene rings is 1. The fourth-order valence-electron chi connectivity index (χ4n) is 1.78. The monoisotopic (exact) mass is 336 g/mol. The Balaban J connectivity index is 2.29. The summed E-state index contributed by atoms with van der Waals surface area (Å²) in [5.41, 5.74) is 1.25. The van der Waals surface area contributed by atoms with Crippen LogP contribution in [0.1, 0.15) is 21.7 Å². The van der Waals surface area contributed by atoms with E-state index in [0.717, 1.165) is 5.56 Å². The summed E-state index contributed by atoms with van der Waals surface area (Å²) in [6.07, 6.45) is 1.49. The number of carbonyl (C=O) groups is 1. The van der Waals surface area contributed by atoms with Crippen molar-refractivity contribution in [2.24, 2.45) is 0 Å². The molecule has 6 heteroatoms. The molecule has 20 heavy (non-hydrogen) atoms. The van der Waals surface area contributed by atoms with Crippen LogP contribution < -0.4 is 5.56 Å². The maximum atomic E-state index is 12.0. The molecule has 0 unspecified atom stereocenters. The number of carbonyl (C=O) groups excluding carboxylic acids is 1. The van der Waals surface area contributed by atoms with Gasteiger partial charge in [0.05, 0.1) is 19.2 Å². The standard InChI is InChI=1S/C14H13BrN2O3/c1-9-16-7-12(15)13(18)17(9)8-10-3-5-11(6-4-10)14(19)20-2/h3-7H,8H2,1-2H3. The van der Waals surface area contributed by atoms with Crippen molar-refractivity contribution < 1.29 is 9.53 Å².